The summed E-state index contributed by atoms with van der Waals surface area (Å²) < 4.78 is 5.33. The summed E-state index contributed by atoms with van der Waals surface area (Å²) in [6, 6.07) is 14.0. The number of benzene rings is 2. The van der Waals surface area contributed by atoms with Gasteiger partial charge in [0.1, 0.15) is 0 Å². The average molecular weight is 342 g/mol. The monoisotopic (exact) mass is 341 g/mol. The molecular weight excluding hydrogens is 326 g/mol. The Labute approximate surface area is 144 Å². The van der Waals surface area contributed by atoms with Crippen molar-refractivity contribution >= 4 is 23.2 Å². The van der Waals surface area contributed by atoms with Gasteiger partial charge in [-0.05, 0) is 36.4 Å². The van der Waals surface area contributed by atoms with E-state index < -0.39 is 0 Å². The number of aromatic nitrogens is 2. The molecule has 0 bridgehead atoms. The minimum absolute atomic E-state index is 0.165. The second-order valence-electron chi connectivity index (χ2n) is 5.62. The molecule has 1 N–H and O–H groups in total. The number of nitrogens with one attached hydrogen (secondary N) is 1. The molecule has 0 aliphatic carbocycles. The lowest BCUT2D eigenvalue weighted by atomic mass is 10.1. The molecule has 0 atom stereocenters. The summed E-state index contributed by atoms with van der Waals surface area (Å²) in [7, 11) is 0. The summed E-state index contributed by atoms with van der Waals surface area (Å²) in [6.07, 6.45) is 0. The number of carbonyl (C=O) groups is 1. The Kier molecular flexibility index (Phi) is 4.62. The predicted octanol–water partition coefficient (Wildman–Crippen LogP) is 4.77. The van der Waals surface area contributed by atoms with Gasteiger partial charge < -0.3 is 9.84 Å². The smallest absolute Gasteiger partial charge is 0.260 e. The molecule has 0 spiro atoms. The van der Waals surface area contributed by atoms with Gasteiger partial charge in [0.2, 0.25) is 0 Å². The van der Waals surface area contributed by atoms with E-state index in [4.69, 9.17) is 16.1 Å². The van der Waals surface area contributed by atoms with Crippen molar-refractivity contribution < 1.29 is 9.32 Å². The van der Waals surface area contributed by atoms with Crippen LogP contribution in [0.3, 0.4) is 0 Å². The zero-order chi connectivity index (χ0) is 17.1. The Morgan fingerprint density at radius 3 is 2.50 bits per heavy atom. The molecule has 0 aliphatic rings. The fourth-order valence-electron chi connectivity index (χ4n) is 2.15. The highest BCUT2D eigenvalue weighted by molar-refractivity contribution is 6.30. The SMILES string of the molecule is CC(C)c1noc(-c2ccccc2NC(=O)c2ccc(Cl)cc2)n1. The summed E-state index contributed by atoms with van der Waals surface area (Å²) in [6.45, 7) is 3.98. The summed E-state index contributed by atoms with van der Waals surface area (Å²) in [5, 5.41) is 7.42. The molecular formula is C18H16ClN3O2. The standard InChI is InChI=1S/C18H16ClN3O2/c1-11(2)16-21-18(24-22-16)14-5-3-4-6-15(14)20-17(23)12-7-9-13(19)10-8-12/h3-11H,1-2H3,(H,20,23). The molecule has 1 amide bonds. The maximum absolute atomic E-state index is 12.4. The summed E-state index contributed by atoms with van der Waals surface area (Å²) in [5.74, 6) is 0.940. The molecule has 0 saturated heterocycles. The van der Waals surface area contributed by atoms with Crippen molar-refractivity contribution in [2.45, 2.75) is 19.8 Å². The highest BCUT2D eigenvalue weighted by Gasteiger charge is 2.16. The van der Waals surface area contributed by atoms with Gasteiger partial charge in [-0.1, -0.05) is 42.7 Å². The third kappa shape index (κ3) is 3.46. The molecule has 1 heterocycles. The first-order chi connectivity index (χ1) is 11.5. The quantitative estimate of drug-likeness (QED) is 0.742. The van der Waals surface area contributed by atoms with Gasteiger partial charge in [-0.25, -0.2) is 0 Å². The molecule has 0 unspecified atom stereocenters. The number of hydrogen-bond donors (Lipinski definition) is 1. The van der Waals surface area contributed by atoms with Crippen LogP contribution < -0.4 is 5.32 Å². The maximum atomic E-state index is 12.4. The van der Waals surface area contributed by atoms with Crippen LogP contribution in [0.2, 0.25) is 5.02 Å². The van der Waals surface area contributed by atoms with Gasteiger partial charge in [0.15, 0.2) is 5.82 Å². The highest BCUT2D eigenvalue weighted by Crippen LogP contribution is 2.28. The first-order valence-corrected chi connectivity index (χ1v) is 7.92. The second kappa shape index (κ2) is 6.84. The molecule has 0 aliphatic heterocycles. The van der Waals surface area contributed by atoms with Crippen molar-refractivity contribution in [3.63, 3.8) is 0 Å². The molecule has 0 radical (unpaired) electrons. The lowest BCUT2D eigenvalue weighted by Gasteiger charge is -2.08. The number of rotatable bonds is 4. The van der Waals surface area contributed by atoms with Crippen LogP contribution in [0.1, 0.15) is 35.9 Å². The molecule has 6 heteroatoms. The van der Waals surface area contributed by atoms with E-state index in [9.17, 15) is 4.79 Å². The fourth-order valence-corrected chi connectivity index (χ4v) is 2.28. The highest BCUT2D eigenvalue weighted by atomic mass is 35.5. The number of amides is 1. The molecule has 3 rings (SSSR count). The molecule has 0 saturated carbocycles. The minimum Gasteiger partial charge on any atom is -0.334 e. The van der Waals surface area contributed by atoms with Crippen molar-refractivity contribution in [2.24, 2.45) is 0 Å². The van der Waals surface area contributed by atoms with E-state index in [1.54, 1.807) is 30.3 Å². The average Bonchev–Trinajstić information content (AvgIpc) is 3.06. The van der Waals surface area contributed by atoms with E-state index in [-0.39, 0.29) is 11.8 Å². The molecule has 3 aromatic rings. The lowest BCUT2D eigenvalue weighted by Crippen LogP contribution is -2.12. The van der Waals surface area contributed by atoms with Crippen molar-refractivity contribution in [2.75, 3.05) is 5.32 Å². The number of carbonyl (C=O) groups excluding carboxylic acids is 1. The third-order valence-corrected chi connectivity index (χ3v) is 3.72. The summed E-state index contributed by atoms with van der Waals surface area (Å²) in [5.41, 5.74) is 1.80. The third-order valence-electron chi connectivity index (χ3n) is 3.47. The van der Waals surface area contributed by atoms with E-state index in [0.29, 0.717) is 33.6 Å². The van der Waals surface area contributed by atoms with Crippen molar-refractivity contribution in [3.05, 3.63) is 64.9 Å². The van der Waals surface area contributed by atoms with Crippen LogP contribution in [0.25, 0.3) is 11.5 Å². The van der Waals surface area contributed by atoms with Crippen LogP contribution in [0, 0.1) is 0 Å². The number of nitrogens with zero attached hydrogens (tertiary/aromatic N) is 2. The van der Waals surface area contributed by atoms with Crippen LogP contribution in [-0.2, 0) is 0 Å². The van der Waals surface area contributed by atoms with Gasteiger partial charge in [0.05, 0.1) is 11.3 Å². The topological polar surface area (TPSA) is 68.0 Å². The van der Waals surface area contributed by atoms with Gasteiger partial charge in [-0.3, -0.25) is 4.79 Å². The van der Waals surface area contributed by atoms with Crippen LogP contribution in [0.5, 0.6) is 0 Å². The van der Waals surface area contributed by atoms with Crippen LogP contribution in [0.4, 0.5) is 5.69 Å². The van der Waals surface area contributed by atoms with Gasteiger partial charge in [-0.2, -0.15) is 4.98 Å². The Morgan fingerprint density at radius 2 is 1.83 bits per heavy atom. The lowest BCUT2D eigenvalue weighted by molar-refractivity contribution is 0.102. The van der Waals surface area contributed by atoms with Crippen molar-refractivity contribution in [1.29, 1.82) is 0 Å². The molecule has 5 nitrogen and oxygen atoms in total. The number of hydrogen-bond acceptors (Lipinski definition) is 4. The Bertz CT molecular complexity index is 857. The summed E-state index contributed by atoms with van der Waals surface area (Å²) in [4.78, 5) is 16.8. The van der Waals surface area contributed by atoms with Crippen LogP contribution in [-0.4, -0.2) is 16.0 Å². The fraction of sp³-hybridized carbons (Fsp3) is 0.167. The number of para-hydroxylation sites is 1. The normalized spacial score (nSPS) is 10.8. The first kappa shape index (κ1) is 16.2. The van der Waals surface area contributed by atoms with Crippen LogP contribution >= 0.6 is 11.6 Å². The number of anilines is 1. The zero-order valence-corrected chi connectivity index (χ0v) is 14.0. The van der Waals surface area contributed by atoms with E-state index >= 15 is 0 Å². The molecule has 122 valence electrons. The minimum atomic E-state index is -0.234. The zero-order valence-electron chi connectivity index (χ0n) is 13.3. The molecule has 24 heavy (non-hydrogen) atoms. The van der Waals surface area contributed by atoms with Gasteiger partial charge in [0, 0.05) is 16.5 Å². The van der Waals surface area contributed by atoms with E-state index in [0.717, 1.165) is 0 Å². The number of halogens is 1. The molecule has 1 aromatic heterocycles. The Morgan fingerprint density at radius 1 is 1.12 bits per heavy atom. The van der Waals surface area contributed by atoms with Gasteiger partial charge in [-0.15, -0.1) is 0 Å². The molecule has 0 fully saturated rings. The van der Waals surface area contributed by atoms with E-state index in [1.807, 2.05) is 32.0 Å². The maximum Gasteiger partial charge on any atom is 0.260 e. The summed E-state index contributed by atoms with van der Waals surface area (Å²) >= 11 is 5.85. The van der Waals surface area contributed by atoms with Gasteiger partial charge >= 0.3 is 0 Å². The second-order valence-corrected chi connectivity index (χ2v) is 6.06. The largest absolute Gasteiger partial charge is 0.334 e. The van der Waals surface area contributed by atoms with Crippen molar-refractivity contribution in [1.82, 2.24) is 10.1 Å². The van der Waals surface area contributed by atoms with Gasteiger partial charge in [0.25, 0.3) is 11.8 Å². The predicted molar refractivity (Wildman–Crippen MR) is 93.2 cm³/mol. The van der Waals surface area contributed by atoms with E-state index in [1.165, 1.54) is 0 Å². The molecule has 2 aromatic carbocycles. The Balaban J connectivity index is 1.88. The van der Waals surface area contributed by atoms with Crippen molar-refractivity contribution in [3.8, 4) is 11.5 Å². The van der Waals surface area contributed by atoms with E-state index in [2.05, 4.69) is 15.5 Å². The van der Waals surface area contributed by atoms with Crippen LogP contribution in [0.15, 0.2) is 53.1 Å². The Hall–Kier alpha value is -2.66. The first-order valence-electron chi connectivity index (χ1n) is 7.54.